The van der Waals surface area contributed by atoms with Crippen molar-refractivity contribution in [2.45, 2.75) is 25.7 Å². The molecule has 0 aromatic rings. The fourth-order valence-corrected chi connectivity index (χ4v) is 2.41. The number of hydrogen-bond acceptors (Lipinski definition) is 2. The molecule has 0 aromatic heterocycles. The number of nitrogens with two attached hydrogens (primary N) is 1. The Morgan fingerprint density at radius 3 is 2.45 bits per heavy atom. The summed E-state index contributed by atoms with van der Waals surface area (Å²) in [5, 5.41) is 0. The minimum Gasteiger partial charge on any atom is -0.324 e. The van der Waals surface area contributed by atoms with Crippen molar-refractivity contribution >= 4 is 5.78 Å². The van der Waals surface area contributed by atoms with Gasteiger partial charge in [0.25, 0.3) is 0 Å². The van der Waals surface area contributed by atoms with E-state index in [1.807, 2.05) is 0 Å². The number of fused-ring (bicyclic) bond motifs is 1. The number of carbonyl (C=O) groups excluding carboxylic acids is 1. The maximum Gasteiger partial charge on any atom is 0.146 e. The van der Waals surface area contributed by atoms with Crippen LogP contribution in [0.4, 0.5) is 0 Å². The molecule has 2 fully saturated rings. The quantitative estimate of drug-likeness (QED) is 0.656. The van der Waals surface area contributed by atoms with Gasteiger partial charge < -0.3 is 5.73 Å². The Morgan fingerprint density at radius 2 is 1.91 bits per heavy atom. The summed E-state index contributed by atoms with van der Waals surface area (Å²) >= 11 is 0. The van der Waals surface area contributed by atoms with Crippen LogP contribution in [0, 0.1) is 17.8 Å². The van der Waals surface area contributed by atoms with Crippen LogP contribution in [0.2, 0.25) is 0 Å². The molecule has 0 aromatic carbocycles. The van der Waals surface area contributed by atoms with Crippen LogP contribution in [0.3, 0.4) is 0 Å². The van der Waals surface area contributed by atoms with Crippen LogP contribution in [0.15, 0.2) is 0 Å². The molecule has 2 saturated carbocycles. The van der Waals surface area contributed by atoms with Crippen molar-refractivity contribution in [2.75, 3.05) is 6.54 Å². The normalized spacial score (nSPS) is 40.3. The van der Waals surface area contributed by atoms with Crippen LogP contribution in [0.5, 0.6) is 0 Å². The molecule has 0 heterocycles. The van der Waals surface area contributed by atoms with Gasteiger partial charge in [0.05, 0.1) is 6.54 Å². The highest BCUT2D eigenvalue weighted by Gasteiger charge is 2.45. The van der Waals surface area contributed by atoms with Crippen LogP contribution in [0.1, 0.15) is 25.7 Å². The van der Waals surface area contributed by atoms with E-state index < -0.39 is 0 Å². The second-order valence-electron chi connectivity index (χ2n) is 4.04. The summed E-state index contributed by atoms with van der Waals surface area (Å²) in [5.74, 6) is 2.92. The van der Waals surface area contributed by atoms with Gasteiger partial charge in [0.15, 0.2) is 0 Å². The fraction of sp³-hybridized carbons (Fsp3) is 0.889. The molecule has 2 nitrogen and oxygen atoms in total. The number of ketones is 1. The van der Waals surface area contributed by atoms with Crippen molar-refractivity contribution in [3.8, 4) is 0 Å². The van der Waals surface area contributed by atoms with E-state index in [2.05, 4.69) is 0 Å². The molecule has 0 aliphatic heterocycles. The van der Waals surface area contributed by atoms with Crippen LogP contribution in [-0.2, 0) is 4.79 Å². The summed E-state index contributed by atoms with van der Waals surface area (Å²) in [4.78, 5) is 11.0. The first-order valence-electron chi connectivity index (χ1n) is 4.51. The van der Waals surface area contributed by atoms with Gasteiger partial charge in [-0.15, -0.1) is 0 Å². The highest BCUT2D eigenvalue weighted by molar-refractivity contribution is 5.80. The predicted molar refractivity (Wildman–Crippen MR) is 43.0 cm³/mol. The van der Waals surface area contributed by atoms with Crippen LogP contribution >= 0.6 is 0 Å². The Balaban J connectivity index is 1.75. The maximum atomic E-state index is 11.0. The minimum atomic E-state index is 0.242. The Hall–Kier alpha value is -0.370. The largest absolute Gasteiger partial charge is 0.324 e. The lowest BCUT2D eigenvalue weighted by Gasteiger charge is -2.08. The second-order valence-corrected chi connectivity index (χ2v) is 4.04. The summed E-state index contributed by atoms with van der Waals surface area (Å²) in [6.45, 7) is 0.242. The number of hydrogen-bond donors (Lipinski definition) is 1. The first-order chi connectivity index (χ1) is 5.29. The van der Waals surface area contributed by atoms with E-state index in [0.717, 1.165) is 18.3 Å². The number of carbonyl (C=O) groups is 1. The first-order valence-corrected chi connectivity index (χ1v) is 4.51. The smallest absolute Gasteiger partial charge is 0.146 e. The van der Waals surface area contributed by atoms with Crippen molar-refractivity contribution in [3.05, 3.63) is 0 Å². The van der Waals surface area contributed by atoms with Gasteiger partial charge in [-0.2, -0.15) is 0 Å². The molecule has 0 radical (unpaired) electrons. The summed E-state index contributed by atoms with van der Waals surface area (Å²) in [7, 11) is 0. The van der Waals surface area contributed by atoms with Crippen molar-refractivity contribution in [3.63, 3.8) is 0 Å². The molecule has 2 heteroatoms. The predicted octanol–water partition coefficient (Wildman–Crippen LogP) is 0.950. The highest BCUT2D eigenvalue weighted by Crippen LogP contribution is 2.55. The van der Waals surface area contributed by atoms with Gasteiger partial charge in [-0.25, -0.2) is 0 Å². The molecule has 2 unspecified atom stereocenters. The Labute approximate surface area is 67.1 Å². The number of Topliss-reactive ketones (excluding diaryl/α,β-unsaturated/α-hetero) is 1. The Bertz CT molecular complexity index is 168. The van der Waals surface area contributed by atoms with Gasteiger partial charge in [-0.05, 0) is 37.0 Å². The van der Waals surface area contributed by atoms with Gasteiger partial charge in [0.1, 0.15) is 5.78 Å². The third-order valence-electron chi connectivity index (χ3n) is 3.09. The van der Waals surface area contributed by atoms with E-state index in [1.165, 1.54) is 19.3 Å². The monoisotopic (exact) mass is 153 g/mol. The lowest BCUT2D eigenvalue weighted by Crippen LogP contribution is -2.16. The molecule has 0 amide bonds. The Kier molecular flexibility index (Phi) is 1.72. The summed E-state index contributed by atoms with van der Waals surface area (Å²) in [6, 6.07) is 0. The molecule has 0 bridgehead atoms. The molecule has 0 spiro atoms. The van der Waals surface area contributed by atoms with E-state index in [1.54, 1.807) is 0 Å². The van der Waals surface area contributed by atoms with Crippen molar-refractivity contribution in [1.82, 2.24) is 0 Å². The van der Waals surface area contributed by atoms with Gasteiger partial charge in [-0.3, -0.25) is 4.79 Å². The third-order valence-corrected chi connectivity index (χ3v) is 3.09. The molecule has 2 aliphatic rings. The van der Waals surface area contributed by atoms with Crippen LogP contribution in [-0.4, -0.2) is 12.3 Å². The van der Waals surface area contributed by atoms with Gasteiger partial charge in [-0.1, -0.05) is 0 Å². The lowest BCUT2D eigenvalue weighted by atomic mass is 9.97. The standard InChI is InChI=1S/C9H15NO/c10-5-9(11)3-6-1-7-4-8(7)2-6/h6-8H,1-5,10H2. The molecule has 2 atom stereocenters. The summed E-state index contributed by atoms with van der Waals surface area (Å²) in [5.41, 5.74) is 5.25. The zero-order chi connectivity index (χ0) is 7.84. The molecule has 2 N–H and O–H groups in total. The van der Waals surface area contributed by atoms with Crippen molar-refractivity contribution < 1.29 is 4.79 Å². The number of rotatable bonds is 3. The second kappa shape index (κ2) is 2.59. The zero-order valence-electron chi connectivity index (χ0n) is 6.75. The van der Waals surface area contributed by atoms with E-state index >= 15 is 0 Å². The molecule has 0 saturated heterocycles. The average molecular weight is 153 g/mol. The fourth-order valence-electron chi connectivity index (χ4n) is 2.41. The van der Waals surface area contributed by atoms with Crippen LogP contribution < -0.4 is 5.73 Å². The van der Waals surface area contributed by atoms with Gasteiger partial charge >= 0.3 is 0 Å². The summed E-state index contributed by atoms with van der Waals surface area (Å²) in [6.07, 6.45) is 4.80. The summed E-state index contributed by atoms with van der Waals surface area (Å²) < 4.78 is 0. The van der Waals surface area contributed by atoms with E-state index in [0.29, 0.717) is 5.92 Å². The minimum absolute atomic E-state index is 0.242. The average Bonchev–Trinajstić information content (AvgIpc) is 2.60. The first kappa shape index (κ1) is 7.29. The van der Waals surface area contributed by atoms with Crippen LogP contribution in [0.25, 0.3) is 0 Å². The van der Waals surface area contributed by atoms with Gasteiger partial charge in [0, 0.05) is 6.42 Å². The van der Waals surface area contributed by atoms with Gasteiger partial charge in [0.2, 0.25) is 0 Å². The van der Waals surface area contributed by atoms with E-state index in [9.17, 15) is 4.79 Å². The molecule has 62 valence electrons. The molecular formula is C9H15NO. The third kappa shape index (κ3) is 1.45. The molecule has 2 aliphatic carbocycles. The molecular weight excluding hydrogens is 138 g/mol. The Morgan fingerprint density at radius 1 is 1.27 bits per heavy atom. The van der Waals surface area contributed by atoms with E-state index in [-0.39, 0.29) is 12.3 Å². The SMILES string of the molecule is NCC(=O)CC1CC2CC2C1. The molecule has 11 heavy (non-hydrogen) atoms. The highest BCUT2D eigenvalue weighted by atomic mass is 16.1. The zero-order valence-corrected chi connectivity index (χ0v) is 6.75. The van der Waals surface area contributed by atoms with Crippen molar-refractivity contribution in [2.24, 2.45) is 23.5 Å². The topological polar surface area (TPSA) is 43.1 Å². The molecule has 2 rings (SSSR count). The van der Waals surface area contributed by atoms with E-state index in [4.69, 9.17) is 5.73 Å². The van der Waals surface area contributed by atoms with Crippen molar-refractivity contribution in [1.29, 1.82) is 0 Å². The lowest BCUT2D eigenvalue weighted by molar-refractivity contribution is -0.118. The maximum absolute atomic E-state index is 11.0.